The van der Waals surface area contributed by atoms with E-state index in [9.17, 15) is 4.79 Å². The second-order valence-electron chi connectivity index (χ2n) is 3.56. The summed E-state index contributed by atoms with van der Waals surface area (Å²) in [7, 11) is 1.61. The van der Waals surface area contributed by atoms with Crippen molar-refractivity contribution < 1.29 is 9.53 Å². The molecule has 1 amide bonds. The minimum atomic E-state index is -0.0238. The fourth-order valence-corrected chi connectivity index (χ4v) is 1.82. The lowest BCUT2D eigenvalue weighted by atomic mass is 10.1. The van der Waals surface area contributed by atoms with Gasteiger partial charge >= 0.3 is 0 Å². The van der Waals surface area contributed by atoms with Crippen molar-refractivity contribution in [3.05, 3.63) is 28.2 Å². The van der Waals surface area contributed by atoms with E-state index in [0.717, 1.165) is 22.2 Å². The normalized spacial score (nSPS) is 10.1. The van der Waals surface area contributed by atoms with Crippen LogP contribution in [0.25, 0.3) is 0 Å². The van der Waals surface area contributed by atoms with E-state index in [1.54, 1.807) is 7.05 Å². The lowest BCUT2D eigenvalue weighted by Crippen LogP contribution is -2.20. The van der Waals surface area contributed by atoms with Gasteiger partial charge in [-0.05, 0) is 36.7 Å². The number of hydrogen-bond acceptors (Lipinski definition) is 3. The highest BCUT2D eigenvalue weighted by Gasteiger charge is 2.03. The third kappa shape index (κ3) is 4.75. The topological polar surface area (TPSA) is 64.3 Å². The molecule has 0 bridgehead atoms. The van der Waals surface area contributed by atoms with Crippen LogP contribution in [0.4, 0.5) is 0 Å². The van der Waals surface area contributed by atoms with Gasteiger partial charge in [-0.15, -0.1) is 0 Å². The Labute approximate surface area is 110 Å². The molecule has 1 aromatic rings. The second kappa shape index (κ2) is 7.29. The van der Waals surface area contributed by atoms with E-state index in [0.29, 0.717) is 19.6 Å². The second-order valence-corrected chi connectivity index (χ2v) is 4.42. The molecule has 0 unspecified atom stereocenters. The van der Waals surface area contributed by atoms with Crippen LogP contribution in [0.15, 0.2) is 22.7 Å². The lowest BCUT2D eigenvalue weighted by molar-refractivity contribution is -0.121. The molecule has 4 nitrogen and oxygen atoms in total. The molecule has 0 saturated carbocycles. The molecule has 0 heterocycles. The summed E-state index contributed by atoms with van der Waals surface area (Å²) in [6, 6.07) is 5.75. The molecule has 1 aromatic carbocycles. The highest BCUT2D eigenvalue weighted by molar-refractivity contribution is 9.10. The third-order valence-electron chi connectivity index (χ3n) is 2.31. The van der Waals surface area contributed by atoms with Gasteiger partial charge in [-0.25, -0.2) is 0 Å². The zero-order valence-corrected chi connectivity index (χ0v) is 11.4. The van der Waals surface area contributed by atoms with Crippen molar-refractivity contribution in [2.45, 2.75) is 12.8 Å². The average molecular weight is 301 g/mol. The Bertz CT molecular complexity index is 383. The maximum absolute atomic E-state index is 11.0. The Balaban J connectivity index is 2.53. The van der Waals surface area contributed by atoms with Gasteiger partial charge in [0.1, 0.15) is 5.75 Å². The summed E-state index contributed by atoms with van der Waals surface area (Å²) in [5.74, 6) is 0.741. The number of halogens is 1. The van der Waals surface area contributed by atoms with Crippen LogP contribution in [0, 0.1) is 0 Å². The maximum Gasteiger partial charge on any atom is 0.223 e. The molecule has 0 spiro atoms. The van der Waals surface area contributed by atoms with Gasteiger partial charge in [0, 0.05) is 11.5 Å². The van der Waals surface area contributed by atoms with Gasteiger partial charge in [0.05, 0.1) is 13.0 Å². The highest BCUT2D eigenvalue weighted by Crippen LogP contribution is 2.22. The van der Waals surface area contributed by atoms with E-state index >= 15 is 0 Å². The van der Waals surface area contributed by atoms with Gasteiger partial charge in [0.15, 0.2) is 0 Å². The fraction of sp³-hybridized carbons (Fsp3) is 0.417. The monoisotopic (exact) mass is 300 g/mol. The van der Waals surface area contributed by atoms with Crippen LogP contribution in [0.1, 0.15) is 12.0 Å². The molecule has 0 aliphatic carbocycles. The number of carbonyl (C=O) groups is 1. The summed E-state index contributed by atoms with van der Waals surface area (Å²) in [6.07, 6.45) is 1.16. The first-order chi connectivity index (χ1) is 8.17. The maximum atomic E-state index is 11.0. The number of carbonyl (C=O) groups excluding carboxylic acids is 1. The van der Waals surface area contributed by atoms with Crippen molar-refractivity contribution in [2.75, 3.05) is 20.2 Å². The van der Waals surface area contributed by atoms with Crippen LogP contribution in [0.2, 0.25) is 0 Å². The van der Waals surface area contributed by atoms with Crippen molar-refractivity contribution in [1.82, 2.24) is 5.32 Å². The Morgan fingerprint density at radius 3 is 2.94 bits per heavy atom. The Hall–Kier alpha value is -1.07. The SMILES string of the molecule is CNC(=O)CCOc1ccc(Br)c(CCN)c1. The Morgan fingerprint density at radius 1 is 1.53 bits per heavy atom. The van der Waals surface area contributed by atoms with Crippen LogP contribution in [-0.4, -0.2) is 26.1 Å². The molecule has 0 radical (unpaired) electrons. The molecule has 17 heavy (non-hydrogen) atoms. The summed E-state index contributed by atoms with van der Waals surface area (Å²) in [5.41, 5.74) is 6.64. The van der Waals surface area contributed by atoms with Gasteiger partial charge in [-0.1, -0.05) is 15.9 Å². The molecule has 3 N–H and O–H groups in total. The van der Waals surface area contributed by atoms with Gasteiger partial charge in [0.2, 0.25) is 5.91 Å². The number of rotatable bonds is 6. The molecular formula is C12H17BrN2O2. The molecule has 0 aliphatic rings. The lowest BCUT2D eigenvalue weighted by Gasteiger charge is -2.09. The number of benzene rings is 1. The van der Waals surface area contributed by atoms with Crippen LogP contribution in [0.3, 0.4) is 0 Å². The van der Waals surface area contributed by atoms with Crippen molar-refractivity contribution in [3.8, 4) is 5.75 Å². The van der Waals surface area contributed by atoms with E-state index in [-0.39, 0.29) is 5.91 Å². The molecule has 0 aliphatic heterocycles. The fourth-order valence-electron chi connectivity index (χ4n) is 1.37. The molecule has 0 fully saturated rings. The van der Waals surface area contributed by atoms with Crippen molar-refractivity contribution in [2.24, 2.45) is 5.73 Å². The molecule has 1 rings (SSSR count). The molecule has 94 valence electrons. The van der Waals surface area contributed by atoms with Crippen LogP contribution >= 0.6 is 15.9 Å². The number of amides is 1. The zero-order valence-electron chi connectivity index (χ0n) is 9.83. The number of hydrogen-bond donors (Lipinski definition) is 2. The van der Waals surface area contributed by atoms with E-state index in [1.807, 2.05) is 18.2 Å². The largest absolute Gasteiger partial charge is 0.493 e. The summed E-state index contributed by atoms with van der Waals surface area (Å²) in [6.45, 7) is 0.976. The first kappa shape index (κ1) is 14.0. The summed E-state index contributed by atoms with van der Waals surface area (Å²) in [5, 5.41) is 2.55. The Morgan fingerprint density at radius 2 is 2.29 bits per heavy atom. The van der Waals surface area contributed by atoms with E-state index in [4.69, 9.17) is 10.5 Å². The molecular weight excluding hydrogens is 284 g/mol. The highest BCUT2D eigenvalue weighted by atomic mass is 79.9. The van der Waals surface area contributed by atoms with E-state index < -0.39 is 0 Å². The van der Waals surface area contributed by atoms with Crippen molar-refractivity contribution in [3.63, 3.8) is 0 Å². The number of ether oxygens (including phenoxy) is 1. The smallest absolute Gasteiger partial charge is 0.223 e. The summed E-state index contributed by atoms with van der Waals surface area (Å²) >= 11 is 3.46. The third-order valence-corrected chi connectivity index (χ3v) is 3.08. The molecule has 0 atom stereocenters. The predicted molar refractivity (Wildman–Crippen MR) is 71.1 cm³/mol. The molecule has 5 heteroatoms. The van der Waals surface area contributed by atoms with Crippen molar-refractivity contribution >= 4 is 21.8 Å². The minimum absolute atomic E-state index is 0.0238. The summed E-state index contributed by atoms with van der Waals surface area (Å²) in [4.78, 5) is 11.0. The van der Waals surface area contributed by atoms with Gasteiger partial charge in [-0.2, -0.15) is 0 Å². The Kier molecular flexibility index (Phi) is 6.00. The first-order valence-electron chi connectivity index (χ1n) is 5.49. The van der Waals surface area contributed by atoms with Crippen molar-refractivity contribution in [1.29, 1.82) is 0 Å². The first-order valence-corrected chi connectivity index (χ1v) is 6.28. The molecule has 0 aromatic heterocycles. The summed E-state index contributed by atoms with van der Waals surface area (Å²) < 4.78 is 6.53. The predicted octanol–water partition coefficient (Wildman–Crippen LogP) is 1.47. The van der Waals surface area contributed by atoms with E-state index in [2.05, 4.69) is 21.2 Å². The molecule has 0 saturated heterocycles. The average Bonchev–Trinajstić information content (AvgIpc) is 2.33. The van der Waals surface area contributed by atoms with Gasteiger partial charge in [0.25, 0.3) is 0 Å². The number of nitrogens with one attached hydrogen (secondary N) is 1. The van der Waals surface area contributed by atoms with Gasteiger partial charge in [-0.3, -0.25) is 4.79 Å². The van der Waals surface area contributed by atoms with E-state index in [1.165, 1.54) is 0 Å². The van der Waals surface area contributed by atoms with Crippen LogP contribution in [-0.2, 0) is 11.2 Å². The number of nitrogens with two attached hydrogens (primary N) is 1. The quantitative estimate of drug-likeness (QED) is 0.836. The van der Waals surface area contributed by atoms with Crippen LogP contribution in [0.5, 0.6) is 5.75 Å². The van der Waals surface area contributed by atoms with Crippen LogP contribution < -0.4 is 15.8 Å². The standard InChI is InChI=1S/C12H17BrN2O2/c1-15-12(16)5-7-17-10-2-3-11(13)9(8-10)4-6-14/h2-3,8H,4-7,14H2,1H3,(H,15,16). The zero-order chi connectivity index (χ0) is 12.7. The van der Waals surface area contributed by atoms with Gasteiger partial charge < -0.3 is 15.8 Å². The minimum Gasteiger partial charge on any atom is -0.493 e.